The molecule has 124 valence electrons. The summed E-state index contributed by atoms with van der Waals surface area (Å²) >= 11 is 6.05. The predicted octanol–water partition coefficient (Wildman–Crippen LogP) is 3.39. The molecule has 0 saturated carbocycles. The summed E-state index contributed by atoms with van der Waals surface area (Å²) in [5.74, 6) is -0.234. The van der Waals surface area contributed by atoms with Gasteiger partial charge in [-0.3, -0.25) is 4.79 Å². The Kier molecular flexibility index (Phi) is 5.03. The first-order valence-corrected chi connectivity index (χ1v) is 8.43. The lowest BCUT2D eigenvalue weighted by molar-refractivity contribution is -0.117. The van der Waals surface area contributed by atoms with Crippen LogP contribution in [-0.2, 0) is 17.6 Å². The molecule has 4 heteroatoms. The number of aryl methyl sites for hydroxylation is 1. The Morgan fingerprint density at radius 2 is 1.88 bits per heavy atom. The van der Waals surface area contributed by atoms with Crippen LogP contribution in [0.15, 0.2) is 54.6 Å². The Hall–Kier alpha value is -2.10. The van der Waals surface area contributed by atoms with Crippen LogP contribution in [0.4, 0.5) is 0 Å². The maximum atomic E-state index is 12.0. The van der Waals surface area contributed by atoms with Gasteiger partial charge in [0, 0.05) is 24.1 Å². The van der Waals surface area contributed by atoms with E-state index in [0.29, 0.717) is 17.9 Å². The van der Waals surface area contributed by atoms with Crippen molar-refractivity contribution in [3.63, 3.8) is 0 Å². The first-order valence-electron chi connectivity index (χ1n) is 8.05. The maximum absolute atomic E-state index is 12.0. The van der Waals surface area contributed by atoms with Crippen molar-refractivity contribution in [2.45, 2.75) is 24.9 Å². The minimum absolute atomic E-state index is 0.234. The normalized spacial score (nSPS) is 19.9. The summed E-state index contributed by atoms with van der Waals surface area (Å²) in [5.41, 5.74) is 2.35. The second kappa shape index (κ2) is 7.20. The molecule has 1 aliphatic carbocycles. The second-order valence-electron chi connectivity index (χ2n) is 6.24. The van der Waals surface area contributed by atoms with Gasteiger partial charge in [-0.25, -0.2) is 0 Å². The number of carbonyl (C=O) groups is 1. The molecule has 0 spiro atoms. The number of hydrogen-bond acceptors (Lipinski definition) is 2. The maximum Gasteiger partial charge on any atom is 0.244 e. The van der Waals surface area contributed by atoms with Gasteiger partial charge >= 0.3 is 0 Å². The molecular formula is C20H20ClNO2. The standard InChI is InChI=1S/C20H20ClNO2/c21-18-8-4-3-6-16(18)9-10-19(23)22-14-20(24)12-11-15-5-1-2-7-17(15)13-20/h1-10,24H,11-14H2,(H,22,23)/b10-9+. The number of aliphatic hydroxyl groups is 1. The molecule has 0 saturated heterocycles. The van der Waals surface area contributed by atoms with Gasteiger partial charge in [-0.05, 0) is 41.7 Å². The Balaban J connectivity index is 1.58. The van der Waals surface area contributed by atoms with E-state index in [1.165, 1.54) is 11.6 Å². The summed E-state index contributed by atoms with van der Waals surface area (Å²) in [6.45, 7) is 0.243. The molecule has 3 rings (SSSR count). The van der Waals surface area contributed by atoms with E-state index < -0.39 is 5.60 Å². The van der Waals surface area contributed by atoms with Crippen molar-refractivity contribution in [2.24, 2.45) is 0 Å². The summed E-state index contributed by atoms with van der Waals surface area (Å²) in [4.78, 5) is 12.0. The van der Waals surface area contributed by atoms with Crippen molar-refractivity contribution in [1.82, 2.24) is 5.32 Å². The predicted molar refractivity (Wildman–Crippen MR) is 96.9 cm³/mol. The van der Waals surface area contributed by atoms with Crippen LogP contribution in [0.25, 0.3) is 6.08 Å². The van der Waals surface area contributed by atoms with Gasteiger partial charge in [0.15, 0.2) is 0 Å². The molecule has 0 heterocycles. The molecule has 1 aliphatic rings. The van der Waals surface area contributed by atoms with E-state index >= 15 is 0 Å². The topological polar surface area (TPSA) is 49.3 Å². The number of carbonyl (C=O) groups excluding carboxylic acids is 1. The Morgan fingerprint density at radius 1 is 1.17 bits per heavy atom. The van der Waals surface area contributed by atoms with E-state index in [0.717, 1.165) is 17.5 Å². The van der Waals surface area contributed by atoms with Crippen molar-refractivity contribution in [3.8, 4) is 0 Å². The van der Waals surface area contributed by atoms with Crippen LogP contribution in [0.1, 0.15) is 23.1 Å². The van der Waals surface area contributed by atoms with Gasteiger partial charge in [0.2, 0.25) is 5.91 Å². The summed E-state index contributed by atoms with van der Waals surface area (Å²) in [6.07, 6.45) is 5.17. The fourth-order valence-corrected chi connectivity index (χ4v) is 3.22. The number of nitrogens with one attached hydrogen (secondary N) is 1. The number of hydrogen-bond donors (Lipinski definition) is 2. The number of amides is 1. The van der Waals surface area contributed by atoms with E-state index in [2.05, 4.69) is 11.4 Å². The minimum Gasteiger partial charge on any atom is -0.388 e. The number of fused-ring (bicyclic) bond motifs is 1. The molecular weight excluding hydrogens is 322 g/mol. The van der Waals surface area contributed by atoms with Crippen LogP contribution >= 0.6 is 11.6 Å². The molecule has 0 aromatic heterocycles. The molecule has 2 aromatic rings. The zero-order valence-electron chi connectivity index (χ0n) is 13.3. The van der Waals surface area contributed by atoms with Gasteiger partial charge in [-0.15, -0.1) is 0 Å². The fourth-order valence-electron chi connectivity index (χ4n) is 3.02. The van der Waals surface area contributed by atoms with E-state index in [1.807, 2.05) is 36.4 Å². The number of benzene rings is 2. The van der Waals surface area contributed by atoms with Crippen molar-refractivity contribution < 1.29 is 9.90 Å². The van der Waals surface area contributed by atoms with Gasteiger partial charge in [0.1, 0.15) is 0 Å². The highest BCUT2D eigenvalue weighted by atomic mass is 35.5. The van der Waals surface area contributed by atoms with Crippen molar-refractivity contribution >= 4 is 23.6 Å². The first-order chi connectivity index (χ1) is 11.6. The summed E-state index contributed by atoms with van der Waals surface area (Å²) in [6, 6.07) is 15.5. The van der Waals surface area contributed by atoms with E-state index in [4.69, 9.17) is 11.6 Å². The summed E-state index contributed by atoms with van der Waals surface area (Å²) in [5, 5.41) is 14.1. The average molecular weight is 342 g/mol. The van der Waals surface area contributed by atoms with Crippen molar-refractivity contribution in [1.29, 1.82) is 0 Å². The molecule has 1 atom stereocenters. The molecule has 0 bridgehead atoms. The largest absolute Gasteiger partial charge is 0.388 e. The summed E-state index contributed by atoms with van der Waals surface area (Å²) < 4.78 is 0. The van der Waals surface area contributed by atoms with Crippen molar-refractivity contribution in [3.05, 3.63) is 76.3 Å². The van der Waals surface area contributed by atoms with Crippen molar-refractivity contribution in [2.75, 3.05) is 6.54 Å². The van der Waals surface area contributed by atoms with E-state index in [9.17, 15) is 9.90 Å². The van der Waals surface area contributed by atoms with Crippen LogP contribution in [0.2, 0.25) is 5.02 Å². The quantitative estimate of drug-likeness (QED) is 0.837. The Labute approximate surface area is 147 Å². The van der Waals surface area contributed by atoms with Gasteiger partial charge in [0.25, 0.3) is 0 Å². The van der Waals surface area contributed by atoms with E-state index in [-0.39, 0.29) is 12.5 Å². The highest BCUT2D eigenvalue weighted by Crippen LogP contribution is 2.28. The lowest BCUT2D eigenvalue weighted by Crippen LogP contribution is -2.46. The highest BCUT2D eigenvalue weighted by molar-refractivity contribution is 6.32. The average Bonchev–Trinajstić information content (AvgIpc) is 2.59. The van der Waals surface area contributed by atoms with E-state index in [1.54, 1.807) is 12.1 Å². The van der Waals surface area contributed by atoms with Gasteiger partial charge in [-0.1, -0.05) is 54.1 Å². The smallest absolute Gasteiger partial charge is 0.244 e. The Bertz CT molecular complexity index is 772. The third kappa shape index (κ3) is 4.05. The molecule has 24 heavy (non-hydrogen) atoms. The van der Waals surface area contributed by atoms with Gasteiger partial charge < -0.3 is 10.4 Å². The highest BCUT2D eigenvalue weighted by Gasteiger charge is 2.32. The monoisotopic (exact) mass is 341 g/mol. The third-order valence-corrected chi connectivity index (χ3v) is 4.75. The first kappa shape index (κ1) is 16.7. The lowest BCUT2D eigenvalue weighted by atomic mass is 9.80. The molecule has 0 aliphatic heterocycles. The lowest BCUT2D eigenvalue weighted by Gasteiger charge is -2.33. The summed E-state index contributed by atoms with van der Waals surface area (Å²) in [7, 11) is 0. The molecule has 2 aromatic carbocycles. The number of rotatable bonds is 4. The molecule has 1 unspecified atom stereocenters. The van der Waals surface area contributed by atoms with Gasteiger partial charge in [-0.2, -0.15) is 0 Å². The van der Waals surface area contributed by atoms with Gasteiger partial charge in [0.05, 0.1) is 5.60 Å². The van der Waals surface area contributed by atoms with Crippen LogP contribution in [0.3, 0.4) is 0 Å². The molecule has 3 nitrogen and oxygen atoms in total. The van der Waals surface area contributed by atoms with Crippen LogP contribution in [0, 0.1) is 0 Å². The minimum atomic E-state index is -0.887. The zero-order valence-corrected chi connectivity index (χ0v) is 14.1. The second-order valence-corrected chi connectivity index (χ2v) is 6.65. The zero-order chi connectivity index (χ0) is 17.0. The number of halogens is 1. The molecule has 0 radical (unpaired) electrons. The molecule has 1 amide bonds. The van der Waals surface area contributed by atoms with Crippen LogP contribution < -0.4 is 5.32 Å². The van der Waals surface area contributed by atoms with Crippen LogP contribution in [-0.4, -0.2) is 23.2 Å². The molecule has 0 fully saturated rings. The third-order valence-electron chi connectivity index (χ3n) is 4.41. The Morgan fingerprint density at radius 3 is 2.67 bits per heavy atom. The van der Waals surface area contributed by atoms with Crippen LogP contribution in [0.5, 0.6) is 0 Å². The SMILES string of the molecule is O=C(/C=C/c1ccccc1Cl)NCC1(O)CCc2ccccc2C1. The fraction of sp³-hybridized carbons (Fsp3) is 0.250. The molecule has 2 N–H and O–H groups in total.